The Morgan fingerprint density at radius 3 is 1.89 bits per heavy atom. The van der Waals surface area contributed by atoms with Crippen LogP contribution >= 0.6 is 0 Å². The van der Waals surface area contributed by atoms with Crippen LogP contribution in [0.15, 0.2) is 24.3 Å². The van der Waals surface area contributed by atoms with Gasteiger partial charge in [-0.2, -0.15) is 0 Å². The van der Waals surface area contributed by atoms with Crippen molar-refractivity contribution >= 4 is 11.9 Å². The maximum absolute atomic E-state index is 11.1. The van der Waals surface area contributed by atoms with Crippen LogP contribution in [0.4, 0.5) is 0 Å². The highest BCUT2D eigenvalue weighted by Gasteiger charge is 2.27. The zero-order chi connectivity index (χ0) is 14.4. The maximum Gasteiger partial charge on any atom is 0.305 e. The Bertz CT molecular complexity index is 420. The van der Waals surface area contributed by atoms with Crippen LogP contribution in [0.3, 0.4) is 0 Å². The van der Waals surface area contributed by atoms with E-state index < -0.39 is 18.2 Å². The molecule has 0 fully saturated rings. The predicted molar refractivity (Wildman–Crippen MR) is 71.5 cm³/mol. The Morgan fingerprint density at radius 2 is 1.53 bits per heavy atom. The summed E-state index contributed by atoms with van der Waals surface area (Å²) < 4.78 is 10.2. The Kier molecular flexibility index (Phi) is 5.55. The third-order valence-corrected chi connectivity index (χ3v) is 2.84. The highest BCUT2D eigenvalue weighted by Crippen LogP contribution is 2.27. The zero-order valence-electron chi connectivity index (χ0n) is 11.8. The standard InChI is InChI=1S/C15H20O4/c1-5-14(13-8-6-10(2)7-9-13)15(18-11(3)16)19-12(4)17/h6-9,14-15H,5H2,1-4H3/t14-/m1/s1. The molecule has 0 saturated carbocycles. The first kappa shape index (κ1) is 15.2. The van der Waals surface area contributed by atoms with Crippen LogP contribution in [0.25, 0.3) is 0 Å². The molecule has 1 rings (SSSR count). The quantitative estimate of drug-likeness (QED) is 0.606. The first-order chi connectivity index (χ1) is 8.93. The molecule has 19 heavy (non-hydrogen) atoms. The number of carbonyl (C=O) groups excluding carboxylic acids is 2. The first-order valence-electron chi connectivity index (χ1n) is 6.35. The Hall–Kier alpha value is -1.84. The van der Waals surface area contributed by atoms with Gasteiger partial charge in [0.25, 0.3) is 6.29 Å². The summed E-state index contributed by atoms with van der Waals surface area (Å²) in [5.74, 6) is -1.08. The van der Waals surface area contributed by atoms with Gasteiger partial charge in [-0.05, 0) is 18.9 Å². The summed E-state index contributed by atoms with van der Waals surface area (Å²) in [6.07, 6.45) is -0.170. The third-order valence-electron chi connectivity index (χ3n) is 2.84. The minimum atomic E-state index is -0.872. The van der Waals surface area contributed by atoms with Gasteiger partial charge in [0.1, 0.15) is 0 Å². The number of esters is 2. The SMILES string of the molecule is CC[C@H](c1ccc(C)cc1)C(OC(C)=O)OC(C)=O. The van der Waals surface area contributed by atoms with Gasteiger partial charge in [-0.25, -0.2) is 0 Å². The molecule has 0 N–H and O–H groups in total. The van der Waals surface area contributed by atoms with E-state index in [0.717, 1.165) is 11.1 Å². The van der Waals surface area contributed by atoms with Crippen LogP contribution in [0.5, 0.6) is 0 Å². The van der Waals surface area contributed by atoms with Crippen molar-refractivity contribution in [3.8, 4) is 0 Å². The van der Waals surface area contributed by atoms with Gasteiger partial charge in [0.15, 0.2) is 0 Å². The molecule has 0 aliphatic heterocycles. The Labute approximate surface area is 113 Å². The fourth-order valence-corrected chi connectivity index (χ4v) is 1.91. The lowest BCUT2D eigenvalue weighted by atomic mass is 9.95. The van der Waals surface area contributed by atoms with Crippen molar-refractivity contribution in [2.45, 2.75) is 46.3 Å². The molecule has 0 bridgehead atoms. The molecule has 0 saturated heterocycles. The van der Waals surface area contributed by atoms with E-state index in [2.05, 4.69) is 0 Å². The zero-order valence-corrected chi connectivity index (χ0v) is 11.8. The summed E-state index contributed by atoms with van der Waals surface area (Å²) in [7, 11) is 0. The van der Waals surface area contributed by atoms with E-state index in [4.69, 9.17) is 9.47 Å². The van der Waals surface area contributed by atoms with Gasteiger partial charge < -0.3 is 9.47 Å². The lowest BCUT2D eigenvalue weighted by molar-refractivity contribution is -0.189. The lowest BCUT2D eigenvalue weighted by Gasteiger charge is -2.25. The Morgan fingerprint density at radius 1 is 1.05 bits per heavy atom. The smallest absolute Gasteiger partial charge is 0.305 e. The second kappa shape index (κ2) is 6.92. The molecule has 0 radical (unpaired) electrons. The first-order valence-corrected chi connectivity index (χ1v) is 6.35. The van der Waals surface area contributed by atoms with E-state index in [0.29, 0.717) is 6.42 Å². The van der Waals surface area contributed by atoms with Crippen LogP contribution < -0.4 is 0 Å². The van der Waals surface area contributed by atoms with Crippen molar-refractivity contribution in [1.29, 1.82) is 0 Å². The summed E-state index contributed by atoms with van der Waals surface area (Å²) in [5.41, 5.74) is 2.13. The molecule has 0 aliphatic rings. The van der Waals surface area contributed by atoms with Gasteiger partial charge in [-0.1, -0.05) is 36.8 Å². The minimum absolute atomic E-state index is 0.159. The van der Waals surface area contributed by atoms with Crippen molar-refractivity contribution in [3.05, 3.63) is 35.4 Å². The maximum atomic E-state index is 11.1. The van der Waals surface area contributed by atoms with Gasteiger partial charge in [-0.3, -0.25) is 9.59 Å². The van der Waals surface area contributed by atoms with Crippen LogP contribution in [0.1, 0.15) is 44.2 Å². The number of carbonyl (C=O) groups is 2. The van der Waals surface area contributed by atoms with Gasteiger partial charge in [-0.15, -0.1) is 0 Å². The number of rotatable bonds is 5. The average molecular weight is 264 g/mol. The van der Waals surface area contributed by atoms with Crippen molar-refractivity contribution in [2.24, 2.45) is 0 Å². The van der Waals surface area contributed by atoms with Crippen LogP contribution in [0.2, 0.25) is 0 Å². The van der Waals surface area contributed by atoms with Gasteiger partial charge in [0.2, 0.25) is 0 Å². The van der Waals surface area contributed by atoms with Crippen LogP contribution in [0, 0.1) is 6.92 Å². The van der Waals surface area contributed by atoms with Crippen molar-refractivity contribution in [1.82, 2.24) is 0 Å². The number of aryl methyl sites for hydroxylation is 1. The molecule has 1 aromatic carbocycles. The molecule has 4 nitrogen and oxygen atoms in total. The molecule has 1 aromatic rings. The van der Waals surface area contributed by atoms with E-state index in [1.807, 2.05) is 38.1 Å². The summed E-state index contributed by atoms with van der Waals surface area (Å²) in [5, 5.41) is 0. The lowest BCUT2D eigenvalue weighted by Crippen LogP contribution is -2.29. The normalized spacial score (nSPS) is 12.1. The van der Waals surface area contributed by atoms with E-state index in [1.54, 1.807) is 0 Å². The topological polar surface area (TPSA) is 52.6 Å². The number of ether oxygens (including phenoxy) is 2. The molecule has 0 heterocycles. The number of benzene rings is 1. The average Bonchev–Trinajstić information content (AvgIpc) is 2.30. The van der Waals surface area contributed by atoms with Gasteiger partial charge >= 0.3 is 11.9 Å². The van der Waals surface area contributed by atoms with Gasteiger partial charge in [0.05, 0.1) is 5.92 Å². The summed E-state index contributed by atoms with van der Waals surface area (Å²) in [6.45, 7) is 6.57. The monoisotopic (exact) mass is 264 g/mol. The second-order valence-electron chi connectivity index (χ2n) is 4.51. The largest absolute Gasteiger partial charge is 0.425 e. The van der Waals surface area contributed by atoms with Gasteiger partial charge in [0, 0.05) is 13.8 Å². The molecule has 104 valence electrons. The molecule has 0 aromatic heterocycles. The summed E-state index contributed by atoms with van der Waals surface area (Å²) in [6, 6.07) is 7.89. The minimum Gasteiger partial charge on any atom is -0.425 e. The third kappa shape index (κ3) is 4.73. The van der Waals surface area contributed by atoms with Crippen LogP contribution in [-0.2, 0) is 19.1 Å². The van der Waals surface area contributed by atoms with Crippen molar-refractivity contribution in [2.75, 3.05) is 0 Å². The summed E-state index contributed by atoms with van der Waals surface area (Å²) in [4.78, 5) is 22.3. The summed E-state index contributed by atoms with van der Waals surface area (Å²) >= 11 is 0. The fourth-order valence-electron chi connectivity index (χ4n) is 1.91. The highest BCUT2D eigenvalue weighted by molar-refractivity contribution is 5.68. The van der Waals surface area contributed by atoms with E-state index in [-0.39, 0.29) is 5.92 Å². The van der Waals surface area contributed by atoms with Crippen LogP contribution in [-0.4, -0.2) is 18.2 Å². The number of hydrogen-bond donors (Lipinski definition) is 0. The molecule has 4 heteroatoms. The molecular weight excluding hydrogens is 244 g/mol. The Balaban J connectivity index is 2.97. The molecule has 0 aliphatic carbocycles. The molecule has 0 unspecified atom stereocenters. The molecular formula is C15H20O4. The van der Waals surface area contributed by atoms with E-state index in [1.165, 1.54) is 13.8 Å². The van der Waals surface area contributed by atoms with E-state index >= 15 is 0 Å². The van der Waals surface area contributed by atoms with E-state index in [9.17, 15) is 9.59 Å². The predicted octanol–water partition coefficient (Wildman–Crippen LogP) is 2.94. The second-order valence-corrected chi connectivity index (χ2v) is 4.51. The highest BCUT2D eigenvalue weighted by atomic mass is 16.7. The van der Waals surface area contributed by atoms with Crippen molar-refractivity contribution < 1.29 is 19.1 Å². The molecule has 0 amide bonds. The number of hydrogen-bond acceptors (Lipinski definition) is 4. The molecule has 0 spiro atoms. The molecule has 1 atom stereocenters. The van der Waals surface area contributed by atoms with Crippen molar-refractivity contribution in [3.63, 3.8) is 0 Å². The fraction of sp³-hybridized carbons (Fsp3) is 0.467.